The van der Waals surface area contributed by atoms with Gasteiger partial charge in [0.2, 0.25) is 0 Å². The van der Waals surface area contributed by atoms with Crippen LogP contribution in [0.25, 0.3) is 0 Å². The van der Waals surface area contributed by atoms with Crippen LogP contribution in [0.15, 0.2) is 29.0 Å². The molecular formula is C12H21N3O. The summed E-state index contributed by atoms with van der Waals surface area (Å²) in [6.07, 6.45) is 4.58. The second-order valence-corrected chi connectivity index (χ2v) is 4.54. The van der Waals surface area contributed by atoms with Crippen molar-refractivity contribution in [1.29, 1.82) is 0 Å². The molecule has 0 amide bonds. The van der Waals surface area contributed by atoms with E-state index < -0.39 is 6.10 Å². The summed E-state index contributed by atoms with van der Waals surface area (Å²) in [6.45, 7) is 8.47. The summed E-state index contributed by atoms with van der Waals surface area (Å²) in [5.74, 6) is 0.251. The molecule has 4 nitrogen and oxygen atoms in total. The first kappa shape index (κ1) is 12.8. The smallest absolute Gasteiger partial charge is 0.137 e. The van der Waals surface area contributed by atoms with E-state index in [-0.39, 0.29) is 5.84 Å². The average molecular weight is 223 g/mol. The van der Waals surface area contributed by atoms with Gasteiger partial charge < -0.3 is 15.7 Å². The van der Waals surface area contributed by atoms with Crippen molar-refractivity contribution < 1.29 is 5.11 Å². The molecule has 1 aliphatic heterocycles. The highest BCUT2D eigenvalue weighted by Gasteiger charge is 2.18. The number of nitrogens with two attached hydrogens (primary N) is 1. The Kier molecular flexibility index (Phi) is 4.12. The molecule has 0 fully saturated rings. The summed E-state index contributed by atoms with van der Waals surface area (Å²) in [7, 11) is 0. The molecule has 0 aromatic carbocycles. The summed E-state index contributed by atoms with van der Waals surface area (Å²) in [5, 5.41) is 9.85. The van der Waals surface area contributed by atoms with Crippen LogP contribution in [0.1, 0.15) is 27.7 Å². The van der Waals surface area contributed by atoms with Crippen molar-refractivity contribution in [2.24, 2.45) is 10.7 Å². The number of aliphatic imine (C=N–C) groups is 1. The van der Waals surface area contributed by atoms with Crippen LogP contribution < -0.4 is 5.73 Å². The minimum atomic E-state index is -0.787. The maximum absolute atomic E-state index is 9.85. The monoisotopic (exact) mass is 223 g/mol. The third-order valence-electron chi connectivity index (χ3n) is 2.58. The SMILES string of the molecule is CC(C)N(C=C1C=CN=C(N)C1O)C(C)C. The summed E-state index contributed by atoms with van der Waals surface area (Å²) < 4.78 is 0. The molecule has 0 saturated heterocycles. The van der Waals surface area contributed by atoms with Crippen LogP contribution in [0.3, 0.4) is 0 Å². The van der Waals surface area contributed by atoms with E-state index in [1.807, 2.05) is 6.20 Å². The van der Waals surface area contributed by atoms with E-state index in [4.69, 9.17) is 5.73 Å². The molecule has 0 aliphatic carbocycles. The summed E-state index contributed by atoms with van der Waals surface area (Å²) >= 11 is 0. The lowest BCUT2D eigenvalue weighted by atomic mass is 10.1. The van der Waals surface area contributed by atoms with E-state index in [0.717, 1.165) is 5.57 Å². The molecule has 3 N–H and O–H groups in total. The van der Waals surface area contributed by atoms with Crippen molar-refractivity contribution >= 4 is 5.84 Å². The van der Waals surface area contributed by atoms with E-state index in [2.05, 4.69) is 37.6 Å². The topological polar surface area (TPSA) is 61.8 Å². The zero-order valence-electron chi connectivity index (χ0n) is 10.4. The Labute approximate surface area is 97.2 Å². The van der Waals surface area contributed by atoms with Crippen LogP contribution in [0.2, 0.25) is 0 Å². The largest absolute Gasteiger partial charge is 0.385 e. The Morgan fingerprint density at radius 3 is 2.44 bits per heavy atom. The predicted octanol–water partition coefficient (Wildman–Crippen LogP) is 1.23. The fraction of sp³-hybridized carbons (Fsp3) is 0.583. The van der Waals surface area contributed by atoms with Crippen molar-refractivity contribution in [2.75, 3.05) is 0 Å². The van der Waals surface area contributed by atoms with Crippen molar-refractivity contribution in [1.82, 2.24) is 4.90 Å². The number of aliphatic hydroxyl groups is 1. The molecule has 16 heavy (non-hydrogen) atoms. The molecular weight excluding hydrogens is 202 g/mol. The van der Waals surface area contributed by atoms with Crippen LogP contribution in [-0.2, 0) is 0 Å². The minimum Gasteiger partial charge on any atom is -0.385 e. The van der Waals surface area contributed by atoms with E-state index in [9.17, 15) is 5.11 Å². The summed E-state index contributed by atoms with van der Waals surface area (Å²) in [5.41, 5.74) is 6.37. The second-order valence-electron chi connectivity index (χ2n) is 4.54. The molecule has 1 rings (SSSR count). The minimum absolute atomic E-state index is 0.251. The van der Waals surface area contributed by atoms with Gasteiger partial charge in [0.25, 0.3) is 0 Å². The van der Waals surface area contributed by atoms with Crippen molar-refractivity contribution in [3.8, 4) is 0 Å². The number of nitrogens with zero attached hydrogens (tertiary/aromatic N) is 2. The molecule has 0 radical (unpaired) electrons. The predicted molar refractivity (Wildman–Crippen MR) is 67.0 cm³/mol. The Bertz CT molecular complexity index is 321. The number of aliphatic hydroxyl groups excluding tert-OH is 1. The summed E-state index contributed by atoms with van der Waals surface area (Å²) in [6, 6.07) is 0.765. The number of rotatable bonds is 3. The van der Waals surface area contributed by atoms with Crippen LogP contribution in [0.5, 0.6) is 0 Å². The van der Waals surface area contributed by atoms with Gasteiger partial charge in [0.1, 0.15) is 11.9 Å². The standard InChI is InChI=1S/C12H21N3O/c1-8(2)15(9(3)4)7-10-5-6-14-12(13)11(10)16/h5-9,11,16H,1-4H3,(H2,13,14). The Morgan fingerprint density at radius 1 is 1.38 bits per heavy atom. The lowest BCUT2D eigenvalue weighted by Gasteiger charge is -2.31. The second kappa shape index (κ2) is 5.16. The lowest BCUT2D eigenvalue weighted by molar-refractivity contribution is 0.240. The molecule has 1 unspecified atom stereocenters. The zero-order valence-corrected chi connectivity index (χ0v) is 10.4. The number of hydrogen-bond acceptors (Lipinski definition) is 4. The first-order valence-corrected chi connectivity index (χ1v) is 5.60. The maximum atomic E-state index is 9.85. The molecule has 0 aromatic heterocycles. The van der Waals surface area contributed by atoms with Crippen LogP contribution in [-0.4, -0.2) is 34.0 Å². The van der Waals surface area contributed by atoms with Crippen molar-refractivity contribution in [3.63, 3.8) is 0 Å². The highest BCUT2D eigenvalue weighted by atomic mass is 16.3. The van der Waals surface area contributed by atoms with Gasteiger partial charge in [-0.2, -0.15) is 0 Å². The Hall–Kier alpha value is -1.29. The zero-order chi connectivity index (χ0) is 12.3. The van der Waals surface area contributed by atoms with Gasteiger partial charge in [-0.15, -0.1) is 0 Å². The van der Waals surface area contributed by atoms with Gasteiger partial charge in [-0.05, 0) is 33.8 Å². The molecule has 0 saturated carbocycles. The van der Waals surface area contributed by atoms with E-state index >= 15 is 0 Å². The van der Waals surface area contributed by atoms with Gasteiger partial charge in [-0.1, -0.05) is 0 Å². The van der Waals surface area contributed by atoms with Gasteiger partial charge in [0, 0.05) is 30.1 Å². The van der Waals surface area contributed by atoms with E-state index in [1.165, 1.54) is 0 Å². The van der Waals surface area contributed by atoms with Gasteiger partial charge in [0.05, 0.1) is 0 Å². The third kappa shape index (κ3) is 2.85. The quantitative estimate of drug-likeness (QED) is 0.756. The highest BCUT2D eigenvalue weighted by Crippen LogP contribution is 2.15. The number of amidine groups is 1. The van der Waals surface area contributed by atoms with E-state index in [1.54, 1.807) is 12.3 Å². The van der Waals surface area contributed by atoms with Crippen LogP contribution in [0, 0.1) is 0 Å². The summed E-state index contributed by atoms with van der Waals surface area (Å²) in [4.78, 5) is 6.04. The van der Waals surface area contributed by atoms with Crippen LogP contribution >= 0.6 is 0 Å². The van der Waals surface area contributed by atoms with Crippen LogP contribution in [0.4, 0.5) is 0 Å². The van der Waals surface area contributed by atoms with Gasteiger partial charge in [-0.25, -0.2) is 4.99 Å². The van der Waals surface area contributed by atoms with E-state index in [0.29, 0.717) is 12.1 Å². The maximum Gasteiger partial charge on any atom is 0.137 e. The molecule has 0 bridgehead atoms. The molecule has 1 atom stereocenters. The first-order chi connectivity index (χ1) is 7.43. The van der Waals surface area contributed by atoms with Crippen molar-refractivity contribution in [2.45, 2.75) is 45.9 Å². The molecule has 0 spiro atoms. The molecule has 1 aliphatic rings. The van der Waals surface area contributed by atoms with Gasteiger partial charge in [0.15, 0.2) is 0 Å². The normalized spacial score (nSPS) is 23.1. The molecule has 90 valence electrons. The average Bonchev–Trinajstić information content (AvgIpc) is 2.19. The van der Waals surface area contributed by atoms with Gasteiger partial charge in [-0.3, -0.25) is 0 Å². The lowest BCUT2D eigenvalue weighted by Crippen LogP contribution is -2.36. The fourth-order valence-electron chi connectivity index (χ4n) is 1.72. The first-order valence-electron chi connectivity index (χ1n) is 5.60. The fourth-order valence-corrected chi connectivity index (χ4v) is 1.72. The molecule has 0 aromatic rings. The third-order valence-corrected chi connectivity index (χ3v) is 2.58. The highest BCUT2D eigenvalue weighted by molar-refractivity contribution is 5.89. The van der Waals surface area contributed by atoms with Gasteiger partial charge >= 0.3 is 0 Å². The Morgan fingerprint density at radius 2 is 1.94 bits per heavy atom. The number of hydrogen-bond donors (Lipinski definition) is 2. The molecule has 4 heteroatoms. The Balaban J connectivity index is 2.91. The molecule has 1 heterocycles. The van der Waals surface area contributed by atoms with Crippen molar-refractivity contribution in [3.05, 3.63) is 24.0 Å².